The first-order valence-electron chi connectivity index (χ1n) is 11.8. The largest absolute Gasteiger partial charge is 0.369 e. The molecule has 2 aromatic carbocycles. The first-order chi connectivity index (χ1) is 16.5. The molecule has 0 saturated carbocycles. The fraction of sp³-hybridized carbons (Fsp3) is 0.333. The lowest BCUT2D eigenvalue weighted by Gasteiger charge is -2.36. The Hall–Kier alpha value is -3.16. The Morgan fingerprint density at radius 2 is 1.74 bits per heavy atom. The molecule has 6 nitrogen and oxygen atoms in total. The summed E-state index contributed by atoms with van der Waals surface area (Å²) in [6, 6.07) is 19.4. The number of aryl methyl sites for hydroxylation is 1. The van der Waals surface area contributed by atoms with Crippen LogP contribution in [0.4, 0.5) is 11.4 Å². The van der Waals surface area contributed by atoms with E-state index in [1.807, 2.05) is 11.4 Å². The molecule has 1 atom stereocenters. The van der Waals surface area contributed by atoms with Crippen molar-refractivity contribution in [2.24, 2.45) is 0 Å². The van der Waals surface area contributed by atoms with Crippen LogP contribution in [0.15, 0.2) is 66.0 Å². The summed E-state index contributed by atoms with van der Waals surface area (Å²) in [6.45, 7) is 9.28. The number of hydrogen-bond acceptors (Lipinski definition) is 5. The molecule has 1 aromatic heterocycles. The molecule has 34 heavy (non-hydrogen) atoms. The number of benzene rings is 2. The van der Waals surface area contributed by atoms with E-state index in [4.69, 9.17) is 0 Å². The van der Waals surface area contributed by atoms with Gasteiger partial charge in [0, 0.05) is 55.7 Å². The summed E-state index contributed by atoms with van der Waals surface area (Å²) in [7, 11) is 0. The standard InChI is InChI=1S/C27H32N4O2S/c1-20-5-3-6-24(19-20)31-16-14-30(15-17-31)13-12-21(2)28-26(32)22-8-10-23(11-9-22)29-27(33)25-7-4-18-34-25/h3-11,18-19,21H,12-17H2,1-2H3,(H,28,32)(H,29,33). The highest BCUT2D eigenvalue weighted by Crippen LogP contribution is 2.18. The number of anilines is 2. The van der Waals surface area contributed by atoms with Crippen LogP contribution in [0.25, 0.3) is 0 Å². The van der Waals surface area contributed by atoms with Crippen molar-refractivity contribution < 1.29 is 9.59 Å². The minimum atomic E-state index is -0.138. The maximum atomic E-state index is 12.6. The van der Waals surface area contributed by atoms with E-state index in [2.05, 4.69) is 58.5 Å². The van der Waals surface area contributed by atoms with Crippen molar-refractivity contribution in [2.45, 2.75) is 26.3 Å². The average molecular weight is 477 g/mol. The average Bonchev–Trinajstić information content (AvgIpc) is 3.39. The van der Waals surface area contributed by atoms with E-state index in [9.17, 15) is 9.59 Å². The van der Waals surface area contributed by atoms with Crippen LogP contribution in [0, 0.1) is 6.92 Å². The van der Waals surface area contributed by atoms with Crippen LogP contribution < -0.4 is 15.5 Å². The molecule has 1 aliphatic heterocycles. The quantitative estimate of drug-likeness (QED) is 0.497. The summed E-state index contributed by atoms with van der Waals surface area (Å²) in [5, 5.41) is 7.82. The number of amides is 2. The second-order valence-electron chi connectivity index (χ2n) is 8.84. The van der Waals surface area contributed by atoms with E-state index in [0.717, 1.165) is 39.1 Å². The van der Waals surface area contributed by atoms with Gasteiger partial charge >= 0.3 is 0 Å². The molecule has 1 fully saturated rings. The second kappa shape index (κ2) is 11.3. The topological polar surface area (TPSA) is 64.7 Å². The van der Waals surface area contributed by atoms with Gasteiger partial charge in [-0.05, 0) is 73.7 Å². The van der Waals surface area contributed by atoms with Gasteiger partial charge in [-0.25, -0.2) is 0 Å². The van der Waals surface area contributed by atoms with Gasteiger partial charge in [-0.3, -0.25) is 14.5 Å². The van der Waals surface area contributed by atoms with Crippen LogP contribution in [0.3, 0.4) is 0 Å². The van der Waals surface area contributed by atoms with Gasteiger partial charge in [0.15, 0.2) is 0 Å². The molecule has 0 bridgehead atoms. The van der Waals surface area contributed by atoms with Crippen molar-refractivity contribution in [2.75, 3.05) is 42.9 Å². The van der Waals surface area contributed by atoms with Crippen LogP contribution >= 0.6 is 11.3 Å². The van der Waals surface area contributed by atoms with E-state index in [-0.39, 0.29) is 17.9 Å². The Balaban J connectivity index is 1.19. The SMILES string of the molecule is Cc1cccc(N2CCN(CCC(C)NC(=O)c3ccc(NC(=O)c4cccs4)cc3)CC2)c1. The Morgan fingerprint density at radius 3 is 2.41 bits per heavy atom. The third-order valence-electron chi connectivity index (χ3n) is 6.14. The first kappa shape index (κ1) is 24.0. The molecule has 3 aromatic rings. The number of carbonyl (C=O) groups excluding carboxylic acids is 2. The van der Waals surface area contributed by atoms with Crippen LogP contribution in [-0.4, -0.2) is 55.5 Å². The molecule has 2 heterocycles. The van der Waals surface area contributed by atoms with E-state index >= 15 is 0 Å². The fourth-order valence-corrected chi connectivity index (χ4v) is 4.73. The minimum Gasteiger partial charge on any atom is -0.369 e. The predicted molar refractivity (Wildman–Crippen MR) is 140 cm³/mol. The molecule has 0 spiro atoms. The Morgan fingerprint density at radius 1 is 0.971 bits per heavy atom. The van der Waals surface area contributed by atoms with Gasteiger partial charge in [-0.2, -0.15) is 0 Å². The molecule has 1 aliphatic rings. The van der Waals surface area contributed by atoms with Gasteiger partial charge in [-0.1, -0.05) is 18.2 Å². The molecular weight excluding hydrogens is 444 g/mol. The van der Waals surface area contributed by atoms with Crippen LogP contribution in [-0.2, 0) is 0 Å². The molecule has 178 valence electrons. The van der Waals surface area contributed by atoms with Crippen molar-refractivity contribution >= 4 is 34.5 Å². The Labute approximate surface area is 205 Å². The molecule has 1 saturated heterocycles. The van der Waals surface area contributed by atoms with Gasteiger partial charge in [-0.15, -0.1) is 11.3 Å². The summed E-state index contributed by atoms with van der Waals surface area (Å²) in [6.07, 6.45) is 0.908. The third kappa shape index (κ3) is 6.46. The molecule has 0 aliphatic carbocycles. The van der Waals surface area contributed by atoms with Gasteiger partial charge in [0.2, 0.25) is 0 Å². The van der Waals surface area contributed by atoms with Gasteiger partial charge in [0.25, 0.3) is 11.8 Å². The summed E-state index contributed by atoms with van der Waals surface area (Å²) < 4.78 is 0. The molecule has 2 N–H and O–H groups in total. The van der Waals surface area contributed by atoms with Crippen LogP contribution in [0.1, 0.15) is 38.9 Å². The summed E-state index contributed by atoms with van der Waals surface area (Å²) in [5.41, 5.74) is 3.86. The van der Waals surface area contributed by atoms with Crippen LogP contribution in [0.5, 0.6) is 0 Å². The number of piperazine rings is 1. The molecule has 0 radical (unpaired) electrons. The van der Waals surface area contributed by atoms with Crippen molar-refractivity contribution in [3.8, 4) is 0 Å². The van der Waals surface area contributed by atoms with Gasteiger partial charge < -0.3 is 15.5 Å². The van der Waals surface area contributed by atoms with E-state index in [1.54, 1.807) is 30.3 Å². The smallest absolute Gasteiger partial charge is 0.265 e. The Bertz CT molecular complexity index is 1090. The van der Waals surface area contributed by atoms with Crippen molar-refractivity contribution in [3.05, 3.63) is 82.0 Å². The highest BCUT2D eigenvalue weighted by Gasteiger charge is 2.18. The summed E-state index contributed by atoms with van der Waals surface area (Å²) in [4.78, 5) is 30.4. The maximum absolute atomic E-state index is 12.6. The highest BCUT2D eigenvalue weighted by molar-refractivity contribution is 7.12. The lowest BCUT2D eigenvalue weighted by atomic mass is 10.1. The number of rotatable bonds is 8. The second-order valence-corrected chi connectivity index (χ2v) is 9.79. The van der Waals surface area contributed by atoms with E-state index in [0.29, 0.717) is 16.1 Å². The normalized spacial score (nSPS) is 15.1. The van der Waals surface area contributed by atoms with Crippen molar-refractivity contribution in [3.63, 3.8) is 0 Å². The molecular formula is C27H32N4O2S. The lowest BCUT2D eigenvalue weighted by molar-refractivity contribution is 0.0934. The fourth-order valence-electron chi connectivity index (χ4n) is 4.12. The number of nitrogens with one attached hydrogen (secondary N) is 2. The zero-order valence-electron chi connectivity index (χ0n) is 19.8. The van der Waals surface area contributed by atoms with Crippen molar-refractivity contribution in [1.29, 1.82) is 0 Å². The molecule has 1 unspecified atom stereocenters. The zero-order valence-corrected chi connectivity index (χ0v) is 20.6. The number of thiophene rings is 1. The zero-order chi connectivity index (χ0) is 23.9. The van der Waals surface area contributed by atoms with E-state index in [1.165, 1.54) is 22.6 Å². The number of hydrogen-bond donors (Lipinski definition) is 2. The number of nitrogens with zero attached hydrogens (tertiary/aromatic N) is 2. The van der Waals surface area contributed by atoms with Crippen molar-refractivity contribution in [1.82, 2.24) is 10.2 Å². The van der Waals surface area contributed by atoms with Gasteiger partial charge in [0.05, 0.1) is 4.88 Å². The first-order valence-corrected chi connectivity index (χ1v) is 12.7. The van der Waals surface area contributed by atoms with Gasteiger partial charge in [0.1, 0.15) is 0 Å². The van der Waals surface area contributed by atoms with E-state index < -0.39 is 0 Å². The summed E-state index contributed by atoms with van der Waals surface area (Å²) in [5.74, 6) is -0.228. The third-order valence-corrected chi connectivity index (χ3v) is 7.01. The maximum Gasteiger partial charge on any atom is 0.265 e. The summed E-state index contributed by atoms with van der Waals surface area (Å²) >= 11 is 1.40. The van der Waals surface area contributed by atoms with Crippen LogP contribution in [0.2, 0.25) is 0 Å². The Kier molecular flexibility index (Phi) is 7.98. The monoisotopic (exact) mass is 476 g/mol. The predicted octanol–water partition coefficient (Wildman–Crippen LogP) is 4.64. The lowest BCUT2D eigenvalue weighted by Crippen LogP contribution is -2.47. The highest BCUT2D eigenvalue weighted by atomic mass is 32.1. The number of carbonyl (C=O) groups is 2. The molecule has 7 heteroatoms. The molecule has 2 amide bonds. The minimum absolute atomic E-state index is 0.0838. The molecule has 4 rings (SSSR count).